The molecule has 0 unspecified atom stereocenters. The van der Waals surface area contributed by atoms with E-state index >= 15 is 0 Å². The topological polar surface area (TPSA) is 59.0 Å². The lowest BCUT2D eigenvalue weighted by atomic mass is 10.1. The fraction of sp³-hybridized carbons (Fsp3) is 0.278. The number of amides is 1. The summed E-state index contributed by atoms with van der Waals surface area (Å²) in [6.07, 6.45) is 2.02. The first-order valence-corrected chi connectivity index (χ1v) is 8.86. The Morgan fingerprint density at radius 1 is 1.17 bits per heavy atom. The van der Waals surface area contributed by atoms with E-state index in [1.165, 1.54) is 4.90 Å². The molecule has 1 amide bonds. The van der Waals surface area contributed by atoms with E-state index in [1.807, 2.05) is 30.5 Å². The van der Waals surface area contributed by atoms with Crippen molar-refractivity contribution in [2.24, 2.45) is 0 Å². The van der Waals surface area contributed by atoms with Gasteiger partial charge in [0, 0.05) is 23.5 Å². The molecule has 1 N–H and O–H groups in total. The first-order valence-electron chi connectivity index (χ1n) is 7.64. The smallest absolute Gasteiger partial charge is 0.254 e. The molecule has 0 aliphatic carbocycles. The number of carbonyl (C=O) groups is 1. The number of ether oxygens (including phenoxy) is 2. The highest BCUT2D eigenvalue weighted by Crippen LogP contribution is 2.32. The molecule has 0 atom stereocenters. The zero-order valence-electron chi connectivity index (χ0n) is 13.4. The molecule has 3 rings (SSSR count). The second kappa shape index (κ2) is 7.59. The lowest BCUT2D eigenvalue weighted by Gasteiger charge is -2.22. The lowest BCUT2D eigenvalue weighted by molar-refractivity contribution is 0.0707. The number of rotatable bonds is 6. The van der Waals surface area contributed by atoms with Crippen LogP contribution in [0.1, 0.15) is 15.9 Å². The molecular formula is C18H19NO4S. The van der Waals surface area contributed by atoms with Crippen LogP contribution in [0.3, 0.4) is 0 Å². The van der Waals surface area contributed by atoms with Gasteiger partial charge in [0.15, 0.2) is 11.5 Å². The van der Waals surface area contributed by atoms with E-state index < -0.39 is 0 Å². The fourth-order valence-corrected chi connectivity index (χ4v) is 2.94. The molecular weight excluding hydrogens is 326 g/mol. The highest BCUT2D eigenvalue weighted by molar-refractivity contribution is 7.98. The fourth-order valence-electron chi connectivity index (χ4n) is 2.54. The standard InChI is InChI=1S/C18H19NO4S/c1-24-15-5-2-13(3-6-15)11-19(8-9-20)18(21)14-4-7-16-17(10-14)23-12-22-16/h2-7,10,20H,8-9,11-12H2,1H3. The van der Waals surface area contributed by atoms with Crippen molar-refractivity contribution in [1.82, 2.24) is 4.90 Å². The van der Waals surface area contributed by atoms with Crippen LogP contribution in [0.2, 0.25) is 0 Å². The minimum Gasteiger partial charge on any atom is -0.454 e. The van der Waals surface area contributed by atoms with Gasteiger partial charge in [-0.1, -0.05) is 12.1 Å². The normalized spacial score (nSPS) is 12.2. The molecule has 6 heteroatoms. The number of hydrogen-bond donors (Lipinski definition) is 1. The van der Waals surface area contributed by atoms with Gasteiger partial charge in [0.2, 0.25) is 6.79 Å². The van der Waals surface area contributed by atoms with Crippen molar-refractivity contribution in [3.8, 4) is 11.5 Å². The Morgan fingerprint density at radius 2 is 1.92 bits per heavy atom. The van der Waals surface area contributed by atoms with Crippen LogP contribution in [0.5, 0.6) is 11.5 Å². The van der Waals surface area contributed by atoms with Crippen molar-refractivity contribution >= 4 is 17.7 Å². The largest absolute Gasteiger partial charge is 0.454 e. The second-order valence-corrected chi connectivity index (χ2v) is 6.25. The molecule has 0 spiro atoms. The van der Waals surface area contributed by atoms with Gasteiger partial charge in [0.05, 0.1) is 6.61 Å². The van der Waals surface area contributed by atoms with Crippen molar-refractivity contribution < 1.29 is 19.4 Å². The minimum absolute atomic E-state index is 0.0841. The third-order valence-electron chi connectivity index (χ3n) is 3.81. The van der Waals surface area contributed by atoms with E-state index in [1.54, 1.807) is 34.9 Å². The Bertz CT molecular complexity index is 717. The first kappa shape index (κ1) is 16.7. The van der Waals surface area contributed by atoms with E-state index in [4.69, 9.17) is 9.47 Å². The number of aliphatic hydroxyl groups excluding tert-OH is 1. The van der Waals surface area contributed by atoms with E-state index in [9.17, 15) is 9.90 Å². The number of thioether (sulfide) groups is 1. The molecule has 0 saturated carbocycles. The number of benzene rings is 2. The Kier molecular flexibility index (Phi) is 5.27. The van der Waals surface area contributed by atoms with Gasteiger partial charge in [-0.25, -0.2) is 0 Å². The number of aliphatic hydroxyl groups is 1. The van der Waals surface area contributed by atoms with E-state index in [0.29, 0.717) is 23.6 Å². The van der Waals surface area contributed by atoms with Crippen molar-refractivity contribution in [3.05, 3.63) is 53.6 Å². The molecule has 1 aliphatic heterocycles. The zero-order chi connectivity index (χ0) is 16.9. The predicted octanol–water partition coefficient (Wildman–Crippen LogP) is 2.77. The lowest BCUT2D eigenvalue weighted by Crippen LogP contribution is -2.33. The average Bonchev–Trinajstić information content (AvgIpc) is 3.09. The minimum atomic E-state index is -0.142. The van der Waals surface area contributed by atoms with Crippen LogP contribution >= 0.6 is 11.8 Å². The Labute approximate surface area is 145 Å². The average molecular weight is 345 g/mol. The van der Waals surface area contributed by atoms with Crippen molar-refractivity contribution in [2.75, 3.05) is 26.2 Å². The molecule has 1 aliphatic rings. The maximum Gasteiger partial charge on any atom is 0.254 e. The highest BCUT2D eigenvalue weighted by Gasteiger charge is 2.20. The molecule has 126 valence electrons. The SMILES string of the molecule is CSc1ccc(CN(CCO)C(=O)c2ccc3c(c2)OCO3)cc1. The summed E-state index contributed by atoms with van der Waals surface area (Å²) in [6, 6.07) is 13.2. The molecule has 2 aromatic rings. The van der Waals surface area contributed by atoms with Crippen LogP contribution in [0, 0.1) is 0 Å². The molecule has 0 radical (unpaired) electrons. The zero-order valence-corrected chi connectivity index (χ0v) is 14.2. The summed E-state index contributed by atoms with van der Waals surface area (Å²) in [7, 11) is 0. The highest BCUT2D eigenvalue weighted by atomic mass is 32.2. The molecule has 0 saturated heterocycles. The van der Waals surface area contributed by atoms with Crippen molar-refractivity contribution in [3.63, 3.8) is 0 Å². The molecule has 5 nitrogen and oxygen atoms in total. The van der Waals surface area contributed by atoms with Crippen molar-refractivity contribution in [2.45, 2.75) is 11.4 Å². The molecule has 24 heavy (non-hydrogen) atoms. The Balaban J connectivity index is 1.77. The number of hydrogen-bond acceptors (Lipinski definition) is 5. The summed E-state index contributed by atoms with van der Waals surface area (Å²) >= 11 is 1.67. The predicted molar refractivity (Wildman–Crippen MR) is 92.6 cm³/mol. The summed E-state index contributed by atoms with van der Waals surface area (Å²) < 4.78 is 10.6. The quantitative estimate of drug-likeness (QED) is 0.816. The molecule has 1 heterocycles. The van der Waals surface area contributed by atoms with Gasteiger partial charge in [-0.3, -0.25) is 4.79 Å². The maximum absolute atomic E-state index is 12.8. The molecule has 2 aromatic carbocycles. The van der Waals surface area contributed by atoms with Crippen molar-refractivity contribution in [1.29, 1.82) is 0 Å². The van der Waals surface area contributed by atoms with Gasteiger partial charge in [-0.15, -0.1) is 11.8 Å². The van der Waals surface area contributed by atoms with Crippen LogP contribution < -0.4 is 9.47 Å². The van der Waals surface area contributed by atoms with Crippen LogP contribution in [0.4, 0.5) is 0 Å². The second-order valence-electron chi connectivity index (χ2n) is 5.37. The van der Waals surface area contributed by atoms with Gasteiger partial charge in [-0.2, -0.15) is 0 Å². The van der Waals surface area contributed by atoms with E-state index in [-0.39, 0.29) is 25.9 Å². The van der Waals surface area contributed by atoms with E-state index in [2.05, 4.69) is 0 Å². The van der Waals surface area contributed by atoms with Gasteiger partial charge in [0.1, 0.15) is 0 Å². The monoisotopic (exact) mass is 345 g/mol. The van der Waals surface area contributed by atoms with E-state index in [0.717, 1.165) is 5.56 Å². The number of fused-ring (bicyclic) bond motifs is 1. The summed E-state index contributed by atoms with van der Waals surface area (Å²) in [5.41, 5.74) is 1.55. The Morgan fingerprint density at radius 3 is 2.62 bits per heavy atom. The van der Waals surface area contributed by atoms with Crippen LogP contribution in [0.15, 0.2) is 47.4 Å². The Hall–Kier alpha value is -2.18. The first-order chi connectivity index (χ1) is 11.7. The van der Waals surface area contributed by atoms with Gasteiger partial charge in [0.25, 0.3) is 5.91 Å². The molecule has 0 bridgehead atoms. The summed E-state index contributed by atoms with van der Waals surface area (Å²) in [5.74, 6) is 1.08. The van der Waals surface area contributed by atoms with Crippen LogP contribution in [-0.2, 0) is 6.54 Å². The summed E-state index contributed by atoms with van der Waals surface area (Å²) in [5, 5.41) is 9.31. The molecule has 0 fully saturated rings. The van der Waals surface area contributed by atoms with Gasteiger partial charge >= 0.3 is 0 Å². The number of nitrogens with zero attached hydrogens (tertiary/aromatic N) is 1. The van der Waals surface area contributed by atoms with Gasteiger partial charge < -0.3 is 19.5 Å². The molecule has 0 aromatic heterocycles. The maximum atomic E-state index is 12.8. The van der Waals surface area contributed by atoms with Crippen LogP contribution in [-0.4, -0.2) is 42.1 Å². The summed E-state index contributed by atoms with van der Waals surface area (Å²) in [6.45, 7) is 0.814. The third-order valence-corrected chi connectivity index (χ3v) is 4.55. The van der Waals surface area contributed by atoms with Gasteiger partial charge in [-0.05, 0) is 42.2 Å². The number of carbonyl (C=O) groups excluding carboxylic acids is 1. The van der Waals surface area contributed by atoms with Crippen LogP contribution in [0.25, 0.3) is 0 Å². The summed E-state index contributed by atoms with van der Waals surface area (Å²) in [4.78, 5) is 15.6. The third kappa shape index (κ3) is 3.66.